The largest absolute Gasteiger partial charge is 0.459 e. The number of rotatable bonds is 7. The molecule has 0 aliphatic heterocycles. The van der Waals surface area contributed by atoms with Gasteiger partial charge in [-0.15, -0.1) is 0 Å². The first-order chi connectivity index (χ1) is 13.3. The summed E-state index contributed by atoms with van der Waals surface area (Å²) in [5.41, 5.74) is 0.536. The Bertz CT molecular complexity index is 963. The second kappa shape index (κ2) is 9.27. The third kappa shape index (κ3) is 5.38. The van der Waals surface area contributed by atoms with E-state index >= 15 is 0 Å². The van der Waals surface area contributed by atoms with Crippen LogP contribution in [0.2, 0.25) is 0 Å². The van der Waals surface area contributed by atoms with Gasteiger partial charge in [-0.3, -0.25) is 0 Å². The number of halogens is 2. The average Bonchev–Trinajstić information content (AvgIpc) is 2.66. The van der Waals surface area contributed by atoms with E-state index in [9.17, 15) is 18.4 Å². The van der Waals surface area contributed by atoms with E-state index in [1.165, 1.54) is 31.2 Å². The molecule has 0 aliphatic carbocycles. The van der Waals surface area contributed by atoms with Crippen LogP contribution < -0.4 is 9.47 Å². The van der Waals surface area contributed by atoms with Crippen molar-refractivity contribution < 1.29 is 32.6 Å². The van der Waals surface area contributed by atoms with Crippen LogP contribution in [-0.2, 0) is 14.3 Å². The molecule has 2 rings (SSSR count). The molecule has 0 radical (unpaired) electrons. The van der Waals surface area contributed by atoms with Gasteiger partial charge in [-0.05, 0) is 36.8 Å². The molecule has 144 valence electrons. The van der Waals surface area contributed by atoms with Crippen LogP contribution in [0.5, 0.6) is 11.5 Å². The van der Waals surface area contributed by atoms with Crippen molar-refractivity contribution in [1.82, 2.24) is 0 Å². The number of hydrogen-bond donors (Lipinski definition) is 0. The average molecular weight is 386 g/mol. The molecule has 0 fully saturated rings. The molecule has 0 spiro atoms. The van der Waals surface area contributed by atoms with E-state index < -0.39 is 23.6 Å². The summed E-state index contributed by atoms with van der Waals surface area (Å²) in [5, 5.41) is 0. The van der Waals surface area contributed by atoms with Crippen LogP contribution in [0, 0.1) is 11.6 Å². The van der Waals surface area contributed by atoms with Gasteiger partial charge in [0.15, 0.2) is 11.6 Å². The maximum absolute atomic E-state index is 14.3. The molecule has 7 heteroatoms. The molecule has 28 heavy (non-hydrogen) atoms. The van der Waals surface area contributed by atoms with Crippen molar-refractivity contribution in [3.8, 4) is 22.6 Å². The molecule has 0 atom stereocenters. The van der Waals surface area contributed by atoms with E-state index in [1.807, 2.05) is 0 Å². The Hall–Kier alpha value is -3.74. The predicted octanol–water partition coefficient (Wildman–Crippen LogP) is 4.69. The van der Waals surface area contributed by atoms with Gasteiger partial charge in [0.25, 0.3) is 0 Å². The summed E-state index contributed by atoms with van der Waals surface area (Å²) in [5.74, 6) is -2.96. The van der Waals surface area contributed by atoms with Gasteiger partial charge >= 0.3 is 11.9 Å². The van der Waals surface area contributed by atoms with Gasteiger partial charge in [0, 0.05) is 23.3 Å². The van der Waals surface area contributed by atoms with Crippen molar-refractivity contribution in [3.05, 3.63) is 85.4 Å². The van der Waals surface area contributed by atoms with Crippen molar-refractivity contribution in [2.75, 3.05) is 0 Å². The fourth-order valence-electron chi connectivity index (χ4n) is 2.00. The first-order valence-corrected chi connectivity index (χ1v) is 7.93. The number of ether oxygens (including phenoxy) is 3. The van der Waals surface area contributed by atoms with Gasteiger partial charge in [0.05, 0.1) is 0 Å². The number of hydrogen-bond acceptors (Lipinski definition) is 5. The van der Waals surface area contributed by atoms with Crippen LogP contribution in [0.25, 0.3) is 11.1 Å². The van der Waals surface area contributed by atoms with Crippen molar-refractivity contribution in [3.63, 3.8) is 0 Å². The van der Waals surface area contributed by atoms with Crippen LogP contribution in [-0.4, -0.2) is 11.9 Å². The van der Waals surface area contributed by atoms with Crippen molar-refractivity contribution in [1.29, 1.82) is 0 Å². The number of benzene rings is 2. The Labute approximate surface area is 160 Å². The highest BCUT2D eigenvalue weighted by Gasteiger charge is 2.12. The van der Waals surface area contributed by atoms with Crippen LogP contribution in [0.15, 0.2) is 73.7 Å². The number of esters is 2. The molecule has 5 nitrogen and oxygen atoms in total. The van der Waals surface area contributed by atoms with Gasteiger partial charge in [-0.2, -0.15) is 0 Å². The molecular weight excluding hydrogens is 370 g/mol. The molecule has 0 saturated carbocycles. The van der Waals surface area contributed by atoms with E-state index in [-0.39, 0.29) is 28.2 Å². The lowest BCUT2D eigenvalue weighted by Crippen LogP contribution is -2.08. The van der Waals surface area contributed by atoms with Crippen molar-refractivity contribution in [2.45, 2.75) is 6.92 Å². The molecule has 0 aromatic heterocycles. The first-order valence-electron chi connectivity index (χ1n) is 7.93. The minimum absolute atomic E-state index is 0.00823. The summed E-state index contributed by atoms with van der Waals surface area (Å²) >= 11 is 0. The highest BCUT2D eigenvalue weighted by atomic mass is 19.1. The second-order valence-corrected chi connectivity index (χ2v) is 5.49. The maximum atomic E-state index is 14.3. The van der Waals surface area contributed by atoms with E-state index in [0.717, 1.165) is 30.7 Å². The lowest BCUT2D eigenvalue weighted by atomic mass is 10.0. The lowest BCUT2D eigenvalue weighted by Gasteiger charge is -2.09. The number of carbonyl (C=O) groups is 2. The Kier molecular flexibility index (Phi) is 6.81. The van der Waals surface area contributed by atoms with Crippen LogP contribution in [0.3, 0.4) is 0 Å². The maximum Gasteiger partial charge on any atom is 0.338 e. The van der Waals surface area contributed by atoms with E-state index in [1.54, 1.807) is 0 Å². The lowest BCUT2D eigenvalue weighted by molar-refractivity contribution is -0.132. The molecule has 0 unspecified atom stereocenters. The first kappa shape index (κ1) is 20.6. The van der Waals surface area contributed by atoms with Crippen LogP contribution in [0.1, 0.15) is 6.92 Å². The zero-order valence-corrected chi connectivity index (χ0v) is 14.9. The summed E-state index contributed by atoms with van der Waals surface area (Å²) in [6.45, 7) is 8.13. The molecule has 2 aromatic rings. The van der Waals surface area contributed by atoms with Gasteiger partial charge in [0.1, 0.15) is 24.1 Å². The van der Waals surface area contributed by atoms with E-state index in [0.29, 0.717) is 0 Å². The highest BCUT2D eigenvalue weighted by molar-refractivity contribution is 5.88. The van der Waals surface area contributed by atoms with Gasteiger partial charge < -0.3 is 14.2 Å². The third-order valence-electron chi connectivity index (χ3n) is 3.34. The molecule has 0 amide bonds. The summed E-state index contributed by atoms with van der Waals surface area (Å²) in [4.78, 5) is 22.3. The fraction of sp³-hybridized carbons (Fsp3) is 0.0476. The van der Waals surface area contributed by atoms with Crippen molar-refractivity contribution >= 4 is 11.9 Å². The zero-order valence-electron chi connectivity index (χ0n) is 14.9. The topological polar surface area (TPSA) is 61.8 Å². The molecule has 0 N–H and O–H groups in total. The van der Waals surface area contributed by atoms with Crippen LogP contribution >= 0.6 is 0 Å². The Balaban J connectivity index is 2.14. The van der Waals surface area contributed by atoms with E-state index in [2.05, 4.69) is 17.9 Å². The predicted molar refractivity (Wildman–Crippen MR) is 98.3 cm³/mol. The molecule has 0 aliphatic rings. The number of carbonyl (C=O) groups excluding carboxylic acids is 2. The standard InChI is InChI=1S/C21H16F2O5/c1-4-20(24)27-10-9-26-19-8-5-14(11-18(19)23)16-7-6-15(12-17(16)22)28-21(25)13(2)3/h4-12H,1-2H2,3H3/b10-9-. The van der Waals surface area contributed by atoms with Crippen molar-refractivity contribution in [2.24, 2.45) is 0 Å². The summed E-state index contributed by atoms with van der Waals surface area (Å²) < 4.78 is 43.0. The second-order valence-electron chi connectivity index (χ2n) is 5.49. The minimum atomic E-state index is -0.755. The zero-order chi connectivity index (χ0) is 20.7. The Morgan fingerprint density at radius 3 is 2.39 bits per heavy atom. The smallest absolute Gasteiger partial charge is 0.338 e. The molecular formula is C21H16F2O5. The van der Waals surface area contributed by atoms with E-state index in [4.69, 9.17) is 9.47 Å². The monoisotopic (exact) mass is 386 g/mol. The van der Waals surface area contributed by atoms with Gasteiger partial charge in [0.2, 0.25) is 0 Å². The van der Waals surface area contributed by atoms with Crippen LogP contribution in [0.4, 0.5) is 8.78 Å². The minimum Gasteiger partial charge on any atom is -0.459 e. The third-order valence-corrected chi connectivity index (χ3v) is 3.34. The Morgan fingerprint density at radius 2 is 1.79 bits per heavy atom. The SMILES string of the molecule is C=CC(=O)O/C=C\Oc1ccc(-c2ccc(OC(=O)C(=C)C)cc2F)cc1F. The Morgan fingerprint density at radius 1 is 1.04 bits per heavy atom. The van der Waals surface area contributed by atoms with Gasteiger partial charge in [-0.25, -0.2) is 18.4 Å². The normalized spacial score (nSPS) is 10.4. The fourth-order valence-corrected chi connectivity index (χ4v) is 2.00. The quantitative estimate of drug-likeness (QED) is 0.299. The molecule has 0 heterocycles. The summed E-state index contributed by atoms with van der Waals surface area (Å²) in [6.07, 6.45) is 2.87. The molecule has 0 saturated heterocycles. The summed E-state index contributed by atoms with van der Waals surface area (Å²) in [6, 6.07) is 7.59. The highest BCUT2D eigenvalue weighted by Crippen LogP contribution is 2.30. The molecule has 2 aromatic carbocycles. The summed E-state index contributed by atoms with van der Waals surface area (Å²) in [7, 11) is 0. The van der Waals surface area contributed by atoms with Gasteiger partial charge in [-0.1, -0.05) is 19.2 Å². The molecule has 0 bridgehead atoms.